The summed E-state index contributed by atoms with van der Waals surface area (Å²) in [5.74, 6) is 2.69. The summed E-state index contributed by atoms with van der Waals surface area (Å²) in [6.45, 7) is 5.84. The first kappa shape index (κ1) is 17.5. The second-order valence-electron chi connectivity index (χ2n) is 6.64. The van der Waals surface area contributed by atoms with E-state index in [9.17, 15) is 0 Å². The average molecular weight is 330 g/mol. The number of hydrogen-bond acceptors (Lipinski definition) is 6. The molecule has 0 spiro atoms. The van der Waals surface area contributed by atoms with Gasteiger partial charge in [0.25, 0.3) is 5.95 Å². The van der Waals surface area contributed by atoms with E-state index in [4.69, 9.17) is 4.52 Å². The molecule has 0 radical (unpaired) electrons. The molecule has 2 atom stereocenters. The van der Waals surface area contributed by atoms with Crippen molar-refractivity contribution in [1.29, 1.82) is 0 Å². The van der Waals surface area contributed by atoms with E-state index in [1.165, 1.54) is 45.4 Å². The topological polar surface area (TPSA) is 57.4 Å². The van der Waals surface area contributed by atoms with Crippen molar-refractivity contribution in [2.24, 2.45) is 5.92 Å². The highest BCUT2D eigenvalue weighted by atomic mass is 35.5. The van der Waals surface area contributed by atoms with Crippen LogP contribution in [0.1, 0.15) is 37.5 Å². The Kier molecular flexibility index (Phi) is 6.47. The summed E-state index contributed by atoms with van der Waals surface area (Å²) in [7, 11) is 3.88. The molecule has 0 aromatic carbocycles. The lowest BCUT2D eigenvalue weighted by molar-refractivity contribution is 0.153. The summed E-state index contributed by atoms with van der Waals surface area (Å²) >= 11 is 0. The monoisotopic (exact) mass is 329 g/mol. The molecule has 1 aromatic rings. The third-order valence-corrected chi connectivity index (χ3v) is 4.60. The minimum atomic E-state index is 0. The van der Waals surface area contributed by atoms with Crippen molar-refractivity contribution in [2.75, 3.05) is 51.7 Å². The van der Waals surface area contributed by atoms with Gasteiger partial charge in [-0.3, -0.25) is 0 Å². The van der Waals surface area contributed by atoms with Gasteiger partial charge in [0, 0.05) is 27.2 Å². The number of nitrogens with one attached hydrogen (secondary N) is 1. The summed E-state index contributed by atoms with van der Waals surface area (Å²) in [6, 6.07) is 0. The Morgan fingerprint density at radius 3 is 2.86 bits per heavy atom. The summed E-state index contributed by atoms with van der Waals surface area (Å²) < 4.78 is 5.46. The lowest BCUT2D eigenvalue weighted by atomic mass is 9.94. The number of nitrogens with zero attached hydrogens (tertiary/aromatic N) is 4. The Hall–Kier alpha value is -0.850. The van der Waals surface area contributed by atoms with Crippen LogP contribution in [0.2, 0.25) is 0 Å². The van der Waals surface area contributed by atoms with Crippen molar-refractivity contribution in [3.05, 3.63) is 5.89 Å². The van der Waals surface area contributed by atoms with Crippen molar-refractivity contribution in [1.82, 2.24) is 20.4 Å². The van der Waals surface area contributed by atoms with Crippen LogP contribution >= 0.6 is 12.4 Å². The molecule has 0 amide bonds. The van der Waals surface area contributed by atoms with Crippen LogP contribution in [0.3, 0.4) is 0 Å². The molecular weight excluding hydrogens is 302 g/mol. The normalized spacial score (nSPS) is 26.5. The zero-order valence-electron chi connectivity index (χ0n) is 13.6. The SMILES string of the molecule is CN(C)c1noc(C2CCCN(CC3CCCNC3)C2)n1.Cl. The number of piperidine rings is 2. The van der Waals surface area contributed by atoms with Crippen molar-refractivity contribution >= 4 is 18.4 Å². The first-order valence-electron chi connectivity index (χ1n) is 8.16. The smallest absolute Gasteiger partial charge is 0.265 e. The maximum atomic E-state index is 5.46. The molecule has 2 aliphatic rings. The van der Waals surface area contributed by atoms with Gasteiger partial charge in [-0.1, -0.05) is 0 Å². The first-order valence-corrected chi connectivity index (χ1v) is 8.16. The Morgan fingerprint density at radius 1 is 1.32 bits per heavy atom. The van der Waals surface area contributed by atoms with Crippen molar-refractivity contribution in [3.8, 4) is 0 Å². The highest BCUT2D eigenvalue weighted by Gasteiger charge is 2.27. The van der Waals surface area contributed by atoms with E-state index in [2.05, 4.69) is 20.4 Å². The Morgan fingerprint density at radius 2 is 2.18 bits per heavy atom. The summed E-state index contributed by atoms with van der Waals surface area (Å²) in [6.07, 6.45) is 5.07. The Labute approximate surface area is 139 Å². The molecular formula is C15H28ClN5O. The van der Waals surface area contributed by atoms with E-state index >= 15 is 0 Å². The standard InChI is InChI=1S/C15H27N5O.ClH/c1-19(2)15-17-14(21-18-15)13-6-4-8-20(11-13)10-12-5-3-7-16-9-12;/h12-13,16H,3-11H2,1-2H3;1H. The second-order valence-corrected chi connectivity index (χ2v) is 6.64. The molecule has 2 unspecified atom stereocenters. The molecule has 22 heavy (non-hydrogen) atoms. The lowest BCUT2D eigenvalue weighted by Gasteiger charge is -2.35. The minimum Gasteiger partial charge on any atom is -0.344 e. The van der Waals surface area contributed by atoms with Crippen LogP contribution < -0.4 is 10.2 Å². The van der Waals surface area contributed by atoms with Gasteiger partial charge in [0.05, 0.1) is 5.92 Å². The van der Waals surface area contributed by atoms with Crippen LogP contribution in [0, 0.1) is 5.92 Å². The zero-order chi connectivity index (χ0) is 14.7. The number of likely N-dealkylation sites (tertiary alicyclic amines) is 1. The van der Waals surface area contributed by atoms with Crippen LogP contribution in [0.4, 0.5) is 5.95 Å². The van der Waals surface area contributed by atoms with Gasteiger partial charge in [0.15, 0.2) is 0 Å². The summed E-state index contributed by atoms with van der Waals surface area (Å²) in [5, 5.41) is 7.55. The molecule has 2 fully saturated rings. The molecule has 0 saturated carbocycles. The van der Waals surface area contributed by atoms with Gasteiger partial charge >= 0.3 is 0 Å². The third kappa shape index (κ3) is 4.33. The van der Waals surface area contributed by atoms with Crippen molar-refractivity contribution in [2.45, 2.75) is 31.6 Å². The predicted octanol–water partition coefficient (Wildman–Crippen LogP) is 1.74. The van der Waals surface area contributed by atoms with Crippen molar-refractivity contribution in [3.63, 3.8) is 0 Å². The third-order valence-electron chi connectivity index (χ3n) is 4.60. The second kappa shape index (κ2) is 8.13. The maximum absolute atomic E-state index is 5.46. The molecule has 0 bridgehead atoms. The molecule has 126 valence electrons. The fourth-order valence-corrected chi connectivity index (χ4v) is 3.44. The highest BCUT2D eigenvalue weighted by molar-refractivity contribution is 5.85. The fraction of sp³-hybridized carbons (Fsp3) is 0.867. The highest BCUT2D eigenvalue weighted by Crippen LogP contribution is 2.27. The molecule has 2 aliphatic heterocycles. The number of aromatic nitrogens is 2. The molecule has 6 nitrogen and oxygen atoms in total. The largest absolute Gasteiger partial charge is 0.344 e. The lowest BCUT2D eigenvalue weighted by Crippen LogP contribution is -2.42. The van der Waals surface area contributed by atoms with E-state index in [1.807, 2.05) is 19.0 Å². The van der Waals surface area contributed by atoms with Crippen LogP contribution in [-0.2, 0) is 0 Å². The molecule has 3 rings (SSSR count). The quantitative estimate of drug-likeness (QED) is 0.908. The molecule has 7 heteroatoms. The van der Waals surface area contributed by atoms with Gasteiger partial charge in [0.1, 0.15) is 0 Å². The number of rotatable bonds is 4. The van der Waals surface area contributed by atoms with Gasteiger partial charge in [-0.25, -0.2) is 0 Å². The molecule has 1 aromatic heterocycles. The van der Waals surface area contributed by atoms with E-state index in [0.717, 1.165) is 24.8 Å². The molecule has 2 saturated heterocycles. The Balaban J connectivity index is 0.00000176. The fourth-order valence-electron chi connectivity index (χ4n) is 3.44. The minimum absolute atomic E-state index is 0. The van der Waals surface area contributed by atoms with Crippen LogP contribution in [0.5, 0.6) is 0 Å². The maximum Gasteiger partial charge on any atom is 0.265 e. The Bertz CT molecular complexity index is 447. The van der Waals surface area contributed by atoms with E-state index in [1.54, 1.807) is 0 Å². The average Bonchev–Trinajstić information content (AvgIpc) is 2.99. The van der Waals surface area contributed by atoms with Gasteiger partial charge in [-0.2, -0.15) is 4.98 Å². The van der Waals surface area contributed by atoms with Gasteiger partial charge in [-0.05, 0) is 56.4 Å². The van der Waals surface area contributed by atoms with Crippen molar-refractivity contribution < 1.29 is 4.52 Å². The molecule has 0 aliphatic carbocycles. The summed E-state index contributed by atoms with van der Waals surface area (Å²) in [4.78, 5) is 9.00. The van der Waals surface area contributed by atoms with E-state index in [0.29, 0.717) is 11.9 Å². The summed E-state index contributed by atoms with van der Waals surface area (Å²) in [5.41, 5.74) is 0. The molecule has 3 heterocycles. The number of halogens is 1. The van der Waals surface area contributed by atoms with Crippen LogP contribution in [0.15, 0.2) is 4.52 Å². The van der Waals surface area contributed by atoms with Crippen LogP contribution in [0.25, 0.3) is 0 Å². The number of anilines is 1. The predicted molar refractivity (Wildman–Crippen MR) is 89.9 cm³/mol. The van der Waals surface area contributed by atoms with Crippen LogP contribution in [-0.4, -0.2) is 61.9 Å². The molecule has 1 N–H and O–H groups in total. The van der Waals surface area contributed by atoms with E-state index in [-0.39, 0.29) is 12.4 Å². The van der Waals surface area contributed by atoms with Gasteiger partial charge < -0.3 is 19.6 Å². The van der Waals surface area contributed by atoms with E-state index < -0.39 is 0 Å². The van der Waals surface area contributed by atoms with Gasteiger partial charge in [0.2, 0.25) is 5.89 Å². The number of hydrogen-bond donors (Lipinski definition) is 1. The van der Waals surface area contributed by atoms with Gasteiger partial charge in [-0.15, -0.1) is 12.4 Å². The first-order chi connectivity index (χ1) is 10.2. The zero-order valence-corrected chi connectivity index (χ0v) is 14.4.